The Labute approximate surface area is 104 Å². The predicted molar refractivity (Wildman–Crippen MR) is 66.8 cm³/mol. The second-order valence-corrected chi connectivity index (χ2v) is 5.63. The summed E-state index contributed by atoms with van der Waals surface area (Å²) in [5.74, 6) is 1.50. The number of carbonyl (C=O) groups is 1. The fourth-order valence-corrected chi connectivity index (χ4v) is 3.28. The van der Waals surface area contributed by atoms with E-state index in [0.29, 0.717) is 31.5 Å². The molecule has 0 aliphatic carbocycles. The zero-order valence-electron chi connectivity index (χ0n) is 11.2. The molecule has 2 aliphatic rings. The third-order valence-electron chi connectivity index (χ3n) is 4.33. The average Bonchev–Trinajstić information content (AvgIpc) is 2.81. The first-order chi connectivity index (χ1) is 8.07. The smallest absolute Gasteiger partial charge is 0.225 e. The fraction of sp³-hybridized carbons (Fsp3) is 0.923. The van der Waals surface area contributed by atoms with E-state index in [1.54, 1.807) is 0 Å². The maximum Gasteiger partial charge on any atom is 0.225 e. The predicted octanol–water partition coefficient (Wildman–Crippen LogP) is 0.869. The highest BCUT2D eigenvalue weighted by Crippen LogP contribution is 2.40. The molecule has 1 N–H and O–H groups in total. The average molecular weight is 240 g/mol. The number of rotatable bonds is 4. The number of nitrogens with zero attached hydrogens (tertiary/aromatic N) is 1. The van der Waals surface area contributed by atoms with Gasteiger partial charge in [-0.25, -0.2) is 0 Å². The zero-order chi connectivity index (χ0) is 12.5. The van der Waals surface area contributed by atoms with E-state index in [1.807, 2.05) is 6.92 Å². The van der Waals surface area contributed by atoms with Crippen LogP contribution in [-0.4, -0.2) is 49.2 Å². The molecule has 0 aromatic heterocycles. The number of fused-ring (bicyclic) bond motifs is 1. The molecule has 0 saturated carbocycles. The molecule has 2 fully saturated rings. The van der Waals surface area contributed by atoms with E-state index < -0.39 is 0 Å². The highest BCUT2D eigenvalue weighted by atomic mass is 16.5. The van der Waals surface area contributed by atoms with Crippen molar-refractivity contribution in [2.45, 2.75) is 32.7 Å². The molecule has 2 atom stereocenters. The third kappa shape index (κ3) is 2.33. The van der Waals surface area contributed by atoms with E-state index in [-0.39, 0.29) is 11.4 Å². The van der Waals surface area contributed by atoms with E-state index >= 15 is 0 Å². The van der Waals surface area contributed by atoms with Crippen LogP contribution in [0, 0.1) is 11.8 Å². The SMILES string of the molecule is CCOCCC(=O)N1CC2CNCC2C1(C)C. The van der Waals surface area contributed by atoms with Crippen molar-refractivity contribution in [1.29, 1.82) is 0 Å². The van der Waals surface area contributed by atoms with Crippen LogP contribution in [0.15, 0.2) is 0 Å². The molecule has 4 heteroatoms. The number of amides is 1. The van der Waals surface area contributed by atoms with Crippen molar-refractivity contribution in [3.05, 3.63) is 0 Å². The van der Waals surface area contributed by atoms with Crippen LogP contribution in [-0.2, 0) is 9.53 Å². The molecular formula is C13H24N2O2. The quantitative estimate of drug-likeness (QED) is 0.741. The molecule has 98 valence electrons. The van der Waals surface area contributed by atoms with Gasteiger partial charge in [0.2, 0.25) is 5.91 Å². The Bertz CT molecular complexity index is 291. The van der Waals surface area contributed by atoms with Crippen LogP contribution in [0.2, 0.25) is 0 Å². The summed E-state index contributed by atoms with van der Waals surface area (Å²) in [6.07, 6.45) is 0.518. The second kappa shape index (κ2) is 4.94. The van der Waals surface area contributed by atoms with Crippen molar-refractivity contribution < 1.29 is 9.53 Å². The minimum absolute atomic E-state index is 0.00252. The van der Waals surface area contributed by atoms with Crippen LogP contribution in [0.5, 0.6) is 0 Å². The first-order valence-corrected chi connectivity index (χ1v) is 6.66. The number of carbonyl (C=O) groups excluding carboxylic acids is 1. The number of hydrogen-bond donors (Lipinski definition) is 1. The Balaban J connectivity index is 1.95. The maximum atomic E-state index is 12.2. The van der Waals surface area contributed by atoms with Crippen molar-refractivity contribution in [2.75, 3.05) is 32.8 Å². The summed E-state index contributed by atoms with van der Waals surface area (Å²) in [4.78, 5) is 14.3. The van der Waals surface area contributed by atoms with Gasteiger partial charge >= 0.3 is 0 Å². The van der Waals surface area contributed by atoms with Gasteiger partial charge in [0.25, 0.3) is 0 Å². The van der Waals surface area contributed by atoms with Crippen molar-refractivity contribution in [3.8, 4) is 0 Å². The van der Waals surface area contributed by atoms with E-state index in [2.05, 4.69) is 24.1 Å². The fourth-order valence-electron chi connectivity index (χ4n) is 3.28. The van der Waals surface area contributed by atoms with E-state index in [1.165, 1.54) is 0 Å². The number of nitrogens with one attached hydrogen (secondary N) is 1. The lowest BCUT2D eigenvalue weighted by Gasteiger charge is -2.35. The van der Waals surface area contributed by atoms with Crippen LogP contribution in [0.1, 0.15) is 27.2 Å². The topological polar surface area (TPSA) is 41.6 Å². The van der Waals surface area contributed by atoms with Crippen LogP contribution in [0.4, 0.5) is 0 Å². The van der Waals surface area contributed by atoms with Crippen molar-refractivity contribution in [3.63, 3.8) is 0 Å². The van der Waals surface area contributed by atoms with Gasteiger partial charge in [0.1, 0.15) is 0 Å². The summed E-state index contributed by atoms with van der Waals surface area (Å²) in [6.45, 7) is 10.6. The zero-order valence-corrected chi connectivity index (χ0v) is 11.2. The van der Waals surface area contributed by atoms with Crippen LogP contribution < -0.4 is 5.32 Å². The summed E-state index contributed by atoms with van der Waals surface area (Å²) in [7, 11) is 0. The Kier molecular flexibility index (Phi) is 3.73. The lowest BCUT2D eigenvalue weighted by molar-refractivity contribution is -0.136. The monoisotopic (exact) mass is 240 g/mol. The summed E-state index contributed by atoms with van der Waals surface area (Å²) in [5.41, 5.74) is -0.00252. The van der Waals surface area contributed by atoms with Gasteiger partial charge in [0, 0.05) is 31.8 Å². The Hall–Kier alpha value is -0.610. The standard InChI is InChI=1S/C13H24N2O2/c1-4-17-6-5-12(16)15-9-10-7-14-8-11(10)13(15,2)3/h10-11,14H,4-9H2,1-3H3. The van der Waals surface area contributed by atoms with Crippen LogP contribution >= 0.6 is 0 Å². The third-order valence-corrected chi connectivity index (χ3v) is 4.33. The molecule has 2 rings (SSSR count). The molecular weight excluding hydrogens is 216 g/mol. The van der Waals surface area contributed by atoms with Gasteiger partial charge in [0.15, 0.2) is 0 Å². The van der Waals surface area contributed by atoms with E-state index in [9.17, 15) is 4.79 Å². The molecule has 2 heterocycles. The first kappa shape index (κ1) is 12.8. The summed E-state index contributed by atoms with van der Waals surface area (Å²) in [5, 5.41) is 3.43. The highest BCUT2D eigenvalue weighted by molar-refractivity contribution is 5.77. The Morgan fingerprint density at radius 1 is 1.47 bits per heavy atom. The van der Waals surface area contributed by atoms with E-state index in [0.717, 1.165) is 19.6 Å². The van der Waals surface area contributed by atoms with Gasteiger partial charge in [-0.05, 0) is 32.6 Å². The van der Waals surface area contributed by atoms with Crippen molar-refractivity contribution in [2.24, 2.45) is 11.8 Å². The van der Waals surface area contributed by atoms with Gasteiger partial charge in [0.05, 0.1) is 13.0 Å². The molecule has 0 spiro atoms. The van der Waals surface area contributed by atoms with Gasteiger partial charge < -0.3 is 15.0 Å². The lowest BCUT2D eigenvalue weighted by Crippen LogP contribution is -2.47. The molecule has 2 saturated heterocycles. The van der Waals surface area contributed by atoms with Crippen molar-refractivity contribution in [1.82, 2.24) is 10.2 Å². The second-order valence-electron chi connectivity index (χ2n) is 5.63. The highest BCUT2D eigenvalue weighted by Gasteiger charge is 2.50. The van der Waals surface area contributed by atoms with E-state index in [4.69, 9.17) is 4.74 Å². The number of hydrogen-bond acceptors (Lipinski definition) is 3. The molecule has 2 aliphatic heterocycles. The summed E-state index contributed by atoms with van der Waals surface area (Å²) in [6, 6.07) is 0. The van der Waals surface area contributed by atoms with Crippen LogP contribution in [0.3, 0.4) is 0 Å². The minimum atomic E-state index is -0.00252. The minimum Gasteiger partial charge on any atom is -0.381 e. The Morgan fingerprint density at radius 2 is 2.24 bits per heavy atom. The largest absolute Gasteiger partial charge is 0.381 e. The van der Waals surface area contributed by atoms with Gasteiger partial charge in [-0.2, -0.15) is 0 Å². The molecule has 4 nitrogen and oxygen atoms in total. The summed E-state index contributed by atoms with van der Waals surface area (Å²) >= 11 is 0. The molecule has 0 radical (unpaired) electrons. The molecule has 2 unspecified atom stereocenters. The number of likely N-dealkylation sites (tertiary alicyclic amines) is 1. The van der Waals surface area contributed by atoms with Gasteiger partial charge in [-0.1, -0.05) is 0 Å². The molecule has 0 aromatic carbocycles. The van der Waals surface area contributed by atoms with Crippen molar-refractivity contribution >= 4 is 5.91 Å². The van der Waals surface area contributed by atoms with Gasteiger partial charge in [-0.3, -0.25) is 4.79 Å². The maximum absolute atomic E-state index is 12.2. The summed E-state index contributed by atoms with van der Waals surface area (Å²) < 4.78 is 5.27. The van der Waals surface area contributed by atoms with Crippen LogP contribution in [0.25, 0.3) is 0 Å². The Morgan fingerprint density at radius 3 is 2.88 bits per heavy atom. The number of ether oxygens (including phenoxy) is 1. The molecule has 1 amide bonds. The first-order valence-electron chi connectivity index (χ1n) is 6.66. The van der Waals surface area contributed by atoms with Gasteiger partial charge in [-0.15, -0.1) is 0 Å². The lowest BCUT2D eigenvalue weighted by atomic mass is 9.85. The molecule has 0 aromatic rings. The normalized spacial score (nSPS) is 30.6. The molecule has 0 bridgehead atoms. The molecule has 17 heavy (non-hydrogen) atoms.